The average molecular weight is 284 g/mol. The van der Waals surface area contributed by atoms with Gasteiger partial charge in [-0.2, -0.15) is 5.26 Å². The van der Waals surface area contributed by atoms with Gasteiger partial charge >= 0.3 is 0 Å². The van der Waals surface area contributed by atoms with E-state index < -0.39 is 0 Å². The van der Waals surface area contributed by atoms with E-state index in [-0.39, 0.29) is 5.41 Å². The third-order valence-corrected chi connectivity index (χ3v) is 4.96. The molecule has 0 spiro atoms. The monoisotopic (exact) mass is 284 g/mol. The van der Waals surface area contributed by atoms with Gasteiger partial charge in [0.1, 0.15) is 0 Å². The fourth-order valence-corrected chi connectivity index (χ4v) is 3.74. The maximum Gasteiger partial charge on any atom is 0.0991 e. The van der Waals surface area contributed by atoms with Crippen molar-refractivity contribution in [1.29, 1.82) is 5.26 Å². The topological polar surface area (TPSA) is 47.3 Å². The molecular formula is C18H24N2O. The Hall–Kier alpha value is -1.37. The van der Waals surface area contributed by atoms with Gasteiger partial charge < -0.3 is 5.11 Å². The number of nitriles is 1. The molecule has 0 unspecified atom stereocenters. The Morgan fingerprint density at radius 3 is 2.95 bits per heavy atom. The lowest BCUT2D eigenvalue weighted by Gasteiger charge is -2.42. The Balaban J connectivity index is 1.66. The summed E-state index contributed by atoms with van der Waals surface area (Å²) in [5, 5.41) is 18.9. The average Bonchev–Trinajstić information content (AvgIpc) is 3.31. The van der Waals surface area contributed by atoms with Gasteiger partial charge in [-0.15, -0.1) is 0 Å². The fraction of sp³-hybridized carbons (Fsp3) is 0.611. The number of piperidine rings is 1. The van der Waals surface area contributed by atoms with E-state index in [1.165, 1.54) is 31.2 Å². The number of aliphatic hydroxyl groups is 1. The van der Waals surface area contributed by atoms with E-state index >= 15 is 0 Å². The van der Waals surface area contributed by atoms with E-state index in [0.29, 0.717) is 6.61 Å². The zero-order valence-electron chi connectivity index (χ0n) is 12.6. The van der Waals surface area contributed by atoms with Crippen LogP contribution in [0.2, 0.25) is 0 Å². The summed E-state index contributed by atoms with van der Waals surface area (Å²) in [6, 6.07) is 10.1. The highest BCUT2D eigenvalue weighted by Gasteiger charge is 2.39. The molecule has 1 aliphatic heterocycles. The van der Waals surface area contributed by atoms with Crippen LogP contribution >= 0.6 is 0 Å². The second-order valence-electron chi connectivity index (χ2n) is 6.93. The molecule has 2 aliphatic rings. The molecule has 112 valence electrons. The first-order chi connectivity index (χ1) is 10.2. The van der Waals surface area contributed by atoms with Crippen molar-refractivity contribution in [3.05, 3.63) is 35.4 Å². The first-order valence-electron chi connectivity index (χ1n) is 8.05. The molecule has 1 saturated carbocycles. The smallest absolute Gasteiger partial charge is 0.0991 e. The van der Waals surface area contributed by atoms with Crippen molar-refractivity contribution in [2.45, 2.75) is 38.6 Å². The van der Waals surface area contributed by atoms with Gasteiger partial charge in [-0.1, -0.05) is 25.0 Å². The highest BCUT2D eigenvalue weighted by molar-refractivity contribution is 5.32. The van der Waals surface area contributed by atoms with Gasteiger partial charge in [0, 0.05) is 25.1 Å². The number of likely N-dealkylation sites (tertiary alicyclic amines) is 1. The molecule has 1 aliphatic carbocycles. The predicted molar refractivity (Wildman–Crippen MR) is 82.5 cm³/mol. The molecule has 21 heavy (non-hydrogen) atoms. The molecule has 0 bridgehead atoms. The number of aliphatic hydroxyl groups excluding tert-OH is 1. The summed E-state index contributed by atoms with van der Waals surface area (Å²) in [7, 11) is 0. The summed E-state index contributed by atoms with van der Waals surface area (Å²) in [6.07, 6.45) is 6.23. The normalized spacial score (nSPS) is 26.5. The van der Waals surface area contributed by atoms with E-state index in [4.69, 9.17) is 5.26 Å². The van der Waals surface area contributed by atoms with Crippen molar-refractivity contribution >= 4 is 0 Å². The summed E-state index contributed by atoms with van der Waals surface area (Å²) in [6.45, 7) is 3.31. The molecule has 0 amide bonds. The number of hydrogen-bond donors (Lipinski definition) is 1. The first-order valence-corrected chi connectivity index (χ1v) is 8.05. The SMILES string of the molecule is N#Cc1cccc(CN2CCC[C@](CO)(CC3CC3)C2)c1. The Morgan fingerprint density at radius 2 is 2.24 bits per heavy atom. The van der Waals surface area contributed by atoms with Gasteiger partial charge in [0.15, 0.2) is 0 Å². The van der Waals surface area contributed by atoms with Crippen molar-refractivity contribution in [1.82, 2.24) is 4.90 Å². The Morgan fingerprint density at radius 1 is 1.38 bits per heavy atom. The van der Waals surface area contributed by atoms with Crippen LogP contribution in [0.25, 0.3) is 0 Å². The molecule has 0 radical (unpaired) electrons. The van der Waals surface area contributed by atoms with Crippen molar-refractivity contribution in [2.24, 2.45) is 11.3 Å². The van der Waals surface area contributed by atoms with Crippen molar-refractivity contribution in [3.63, 3.8) is 0 Å². The van der Waals surface area contributed by atoms with Crippen LogP contribution in [0.15, 0.2) is 24.3 Å². The van der Waals surface area contributed by atoms with Gasteiger partial charge in [-0.25, -0.2) is 0 Å². The van der Waals surface area contributed by atoms with Gasteiger partial charge in [0.2, 0.25) is 0 Å². The summed E-state index contributed by atoms with van der Waals surface area (Å²) >= 11 is 0. The molecule has 1 N–H and O–H groups in total. The molecule has 1 atom stereocenters. The second kappa shape index (κ2) is 6.17. The molecule has 1 saturated heterocycles. The highest BCUT2D eigenvalue weighted by atomic mass is 16.3. The van der Waals surface area contributed by atoms with E-state index in [9.17, 15) is 5.11 Å². The molecule has 3 nitrogen and oxygen atoms in total. The highest BCUT2D eigenvalue weighted by Crippen LogP contribution is 2.44. The zero-order chi connectivity index (χ0) is 14.7. The van der Waals surface area contributed by atoms with Crippen molar-refractivity contribution in [3.8, 4) is 6.07 Å². The quantitative estimate of drug-likeness (QED) is 0.904. The standard InChI is InChI=1S/C18H24N2O/c19-11-16-3-1-4-17(9-16)12-20-8-2-7-18(13-20,14-21)10-15-5-6-15/h1,3-4,9,15,21H,2,5-8,10,12-14H2/t18-/m0/s1. The molecule has 1 aromatic carbocycles. The predicted octanol–water partition coefficient (Wildman–Crippen LogP) is 2.93. The molecule has 2 fully saturated rings. The fourth-order valence-electron chi connectivity index (χ4n) is 3.74. The minimum atomic E-state index is 0.117. The molecule has 3 rings (SSSR count). The molecular weight excluding hydrogens is 260 g/mol. The van der Waals surface area contributed by atoms with Gasteiger partial charge in [-0.3, -0.25) is 4.90 Å². The van der Waals surface area contributed by atoms with Crippen LogP contribution in [-0.4, -0.2) is 29.7 Å². The minimum absolute atomic E-state index is 0.117. The lowest BCUT2D eigenvalue weighted by molar-refractivity contribution is 0.0180. The van der Waals surface area contributed by atoms with Crippen LogP contribution < -0.4 is 0 Å². The third-order valence-electron chi connectivity index (χ3n) is 4.96. The molecule has 0 aromatic heterocycles. The largest absolute Gasteiger partial charge is 0.396 e. The van der Waals surface area contributed by atoms with Crippen LogP contribution in [-0.2, 0) is 6.54 Å². The van der Waals surface area contributed by atoms with Crippen LogP contribution in [0.3, 0.4) is 0 Å². The molecule has 3 heteroatoms. The summed E-state index contributed by atoms with van der Waals surface area (Å²) in [5.74, 6) is 0.860. The Bertz CT molecular complexity index is 532. The number of rotatable bonds is 5. The van der Waals surface area contributed by atoms with Crippen LogP contribution in [0.1, 0.15) is 43.2 Å². The minimum Gasteiger partial charge on any atom is -0.396 e. The van der Waals surface area contributed by atoms with E-state index in [1.807, 2.05) is 18.2 Å². The van der Waals surface area contributed by atoms with Crippen LogP contribution in [0, 0.1) is 22.7 Å². The van der Waals surface area contributed by atoms with Crippen LogP contribution in [0.5, 0.6) is 0 Å². The third kappa shape index (κ3) is 3.64. The summed E-state index contributed by atoms with van der Waals surface area (Å²) in [4.78, 5) is 2.46. The van der Waals surface area contributed by atoms with E-state index in [0.717, 1.165) is 37.5 Å². The lowest BCUT2D eigenvalue weighted by Crippen LogP contribution is -2.45. The maximum atomic E-state index is 9.91. The second-order valence-corrected chi connectivity index (χ2v) is 6.93. The van der Waals surface area contributed by atoms with E-state index in [2.05, 4.69) is 17.0 Å². The number of hydrogen-bond acceptors (Lipinski definition) is 3. The van der Waals surface area contributed by atoms with Crippen LogP contribution in [0.4, 0.5) is 0 Å². The molecule has 1 aromatic rings. The van der Waals surface area contributed by atoms with E-state index in [1.54, 1.807) is 0 Å². The summed E-state index contributed by atoms with van der Waals surface area (Å²) in [5.41, 5.74) is 2.05. The lowest BCUT2D eigenvalue weighted by atomic mass is 9.76. The van der Waals surface area contributed by atoms with Gasteiger partial charge in [-0.05, 0) is 49.4 Å². The van der Waals surface area contributed by atoms with Gasteiger partial charge in [0.05, 0.1) is 11.6 Å². The number of benzene rings is 1. The number of nitrogens with zero attached hydrogens (tertiary/aromatic N) is 2. The Labute approximate surface area is 127 Å². The van der Waals surface area contributed by atoms with Crippen molar-refractivity contribution in [2.75, 3.05) is 19.7 Å². The maximum absolute atomic E-state index is 9.91. The molecule has 1 heterocycles. The van der Waals surface area contributed by atoms with Gasteiger partial charge in [0.25, 0.3) is 0 Å². The summed E-state index contributed by atoms with van der Waals surface area (Å²) < 4.78 is 0. The zero-order valence-corrected chi connectivity index (χ0v) is 12.6. The Kier molecular flexibility index (Phi) is 4.28. The first kappa shape index (κ1) is 14.6. The van der Waals surface area contributed by atoms with Crippen molar-refractivity contribution < 1.29 is 5.11 Å².